The lowest BCUT2D eigenvalue weighted by Crippen LogP contribution is -2.40. The Bertz CT molecular complexity index is 576. The first-order valence-corrected chi connectivity index (χ1v) is 7.54. The molecule has 0 atom stereocenters. The highest BCUT2D eigenvalue weighted by atomic mass is 16.5. The van der Waals surface area contributed by atoms with Gasteiger partial charge in [0.15, 0.2) is 0 Å². The van der Waals surface area contributed by atoms with Crippen LogP contribution in [0, 0.1) is 0 Å². The van der Waals surface area contributed by atoms with E-state index in [9.17, 15) is 0 Å². The molecule has 1 aromatic heterocycles. The maximum Gasteiger partial charge on any atom is 0.137 e. The lowest BCUT2D eigenvalue weighted by Gasteiger charge is -2.32. The number of rotatable bonds is 5. The summed E-state index contributed by atoms with van der Waals surface area (Å²) in [7, 11) is 1.76. The molecule has 0 aliphatic carbocycles. The minimum atomic E-state index is 0.488. The van der Waals surface area contributed by atoms with Crippen LogP contribution in [0.1, 0.15) is 12.8 Å². The van der Waals surface area contributed by atoms with Crippen molar-refractivity contribution in [1.82, 2.24) is 14.9 Å². The predicted molar refractivity (Wildman–Crippen MR) is 84.5 cm³/mol. The van der Waals surface area contributed by atoms with E-state index in [1.54, 1.807) is 13.4 Å². The summed E-state index contributed by atoms with van der Waals surface area (Å²) in [5.41, 5.74) is 0.993. The largest absolute Gasteiger partial charge is 0.383 e. The predicted octanol–water partition coefficient (Wildman–Crippen LogP) is 2.15. The van der Waals surface area contributed by atoms with E-state index in [2.05, 4.69) is 26.3 Å². The molecule has 1 saturated heterocycles. The van der Waals surface area contributed by atoms with Crippen LogP contribution in [-0.4, -0.2) is 54.3 Å². The highest BCUT2D eigenvalue weighted by molar-refractivity contribution is 5.88. The van der Waals surface area contributed by atoms with E-state index in [1.807, 2.05) is 18.2 Å². The summed E-state index contributed by atoms with van der Waals surface area (Å²) in [6, 6.07) is 8.63. The number of nitrogens with zero attached hydrogens (tertiary/aromatic N) is 3. The van der Waals surface area contributed by atoms with Gasteiger partial charge in [-0.2, -0.15) is 0 Å². The fourth-order valence-electron chi connectivity index (χ4n) is 2.83. The van der Waals surface area contributed by atoms with Gasteiger partial charge in [-0.05, 0) is 25.0 Å². The van der Waals surface area contributed by atoms with E-state index in [4.69, 9.17) is 4.74 Å². The lowest BCUT2D eigenvalue weighted by molar-refractivity contribution is 0.132. The van der Waals surface area contributed by atoms with Crippen LogP contribution in [0.4, 0.5) is 5.82 Å². The summed E-state index contributed by atoms with van der Waals surface area (Å²) in [4.78, 5) is 11.2. The second kappa shape index (κ2) is 6.83. The van der Waals surface area contributed by atoms with E-state index < -0.39 is 0 Å². The molecule has 112 valence electrons. The van der Waals surface area contributed by atoms with Crippen LogP contribution < -0.4 is 5.32 Å². The zero-order valence-electron chi connectivity index (χ0n) is 12.5. The van der Waals surface area contributed by atoms with Crippen molar-refractivity contribution in [3.05, 3.63) is 30.6 Å². The molecule has 0 saturated carbocycles. The number of likely N-dealkylation sites (tertiary alicyclic amines) is 1. The van der Waals surface area contributed by atoms with Crippen molar-refractivity contribution in [2.24, 2.45) is 0 Å². The zero-order chi connectivity index (χ0) is 14.5. The summed E-state index contributed by atoms with van der Waals surface area (Å²) >= 11 is 0. The molecule has 0 radical (unpaired) electrons. The molecular formula is C16H22N4O. The van der Waals surface area contributed by atoms with E-state index in [1.165, 1.54) is 0 Å². The highest BCUT2D eigenvalue weighted by Gasteiger charge is 2.19. The van der Waals surface area contributed by atoms with Crippen LogP contribution in [0.3, 0.4) is 0 Å². The summed E-state index contributed by atoms with van der Waals surface area (Å²) in [6.45, 7) is 4.07. The van der Waals surface area contributed by atoms with Gasteiger partial charge in [-0.1, -0.05) is 12.1 Å². The van der Waals surface area contributed by atoms with Crippen molar-refractivity contribution >= 4 is 16.7 Å². The van der Waals surface area contributed by atoms with Crippen LogP contribution in [0.15, 0.2) is 30.6 Å². The SMILES string of the molecule is COCCN1CCC(Nc2ncnc3ccccc23)CC1. The third kappa shape index (κ3) is 3.49. The van der Waals surface area contributed by atoms with Crippen molar-refractivity contribution < 1.29 is 4.74 Å². The Morgan fingerprint density at radius 1 is 1.24 bits per heavy atom. The van der Waals surface area contributed by atoms with Crippen molar-refractivity contribution in [2.45, 2.75) is 18.9 Å². The molecule has 0 spiro atoms. The molecule has 5 nitrogen and oxygen atoms in total. The van der Waals surface area contributed by atoms with Crippen molar-refractivity contribution in [3.63, 3.8) is 0 Å². The zero-order valence-corrected chi connectivity index (χ0v) is 12.5. The quantitative estimate of drug-likeness (QED) is 0.912. The summed E-state index contributed by atoms with van der Waals surface area (Å²) in [5, 5.41) is 4.69. The fourth-order valence-corrected chi connectivity index (χ4v) is 2.83. The Labute approximate surface area is 125 Å². The van der Waals surface area contributed by atoms with Gasteiger partial charge in [0.05, 0.1) is 12.1 Å². The summed E-state index contributed by atoms with van der Waals surface area (Å²) in [6.07, 6.45) is 3.92. The number of benzene rings is 1. The first kappa shape index (κ1) is 14.2. The van der Waals surface area contributed by atoms with Gasteiger partial charge in [0, 0.05) is 38.2 Å². The van der Waals surface area contributed by atoms with E-state index in [0.717, 1.165) is 55.8 Å². The number of hydrogen-bond donors (Lipinski definition) is 1. The molecule has 1 aliphatic heterocycles. The topological polar surface area (TPSA) is 50.3 Å². The van der Waals surface area contributed by atoms with Crippen LogP contribution in [0.5, 0.6) is 0 Å². The van der Waals surface area contributed by atoms with Crippen molar-refractivity contribution in [1.29, 1.82) is 0 Å². The fraction of sp³-hybridized carbons (Fsp3) is 0.500. The smallest absolute Gasteiger partial charge is 0.137 e. The van der Waals surface area contributed by atoms with Gasteiger partial charge in [-0.25, -0.2) is 9.97 Å². The monoisotopic (exact) mass is 286 g/mol. The standard InChI is InChI=1S/C16H22N4O/c1-21-11-10-20-8-6-13(7-9-20)19-16-14-4-2-3-5-15(14)17-12-18-16/h2-5,12-13H,6-11H2,1H3,(H,17,18,19). The molecule has 1 fully saturated rings. The number of nitrogens with one attached hydrogen (secondary N) is 1. The van der Waals surface area contributed by atoms with Gasteiger partial charge in [0.25, 0.3) is 0 Å². The lowest BCUT2D eigenvalue weighted by atomic mass is 10.0. The number of ether oxygens (including phenoxy) is 1. The number of piperidine rings is 1. The van der Waals surface area contributed by atoms with Crippen LogP contribution >= 0.6 is 0 Å². The molecule has 2 heterocycles. The molecule has 3 rings (SSSR count). The maximum absolute atomic E-state index is 5.14. The van der Waals surface area contributed by atoms with Crippen molar-refractivity contribution in [3.8, 4) is 0 Å². The maximum atomic E-state index is 5.14. The van der Waals surface area contributed by atoms with E-state index in [-0.39, 0.29) is 0 Å². The highest BCUT2D eigenvalue weighted by Crippen LogP contribution is 2.21. The second-order valence-electron chi connectivity index (χ2n) is 5.49. The normalized spacial score (nSPS) is 17.2. The minimum Gasteiger partial charge on any atom is -0.383 e. The van der Waals surface area contributed by atoms with Crippen LogP contribution in [-0.2, 0) is 4.74 Å². The molecule has 1 N–H and O–H groups in total. The molecule has 2 aromatic rings. The molecule has 0 bridgehead atoms. The average molecular weight is 286 g/mol. The number of anilines is 1. The molecule has 1 aromatic carbocycles. The van der Waals surface area contributed by atoms with Gasteiger partial charge in [0.2, 0.25) is 0 Å². The van der Waals surface area contributed by atoms with Gasteiger partial charge in [-0.15, -0.1) is 0 Å². The first-order chi connectivity index (χ1) is 10.4. The Morgan fingerprint density at radius 3 is 2.86 bits per heavy atom. The molecule has 21 heavy (non-hydrogen) atoms. The molecule has 5 heteroatoms. The number of aromatic nitrogens is 2. The Hall–Kier alpha value is -1.72. The summed E-state index contributed by atoms with van der Waals surface area (Å²) in [5.74, 6) is 0.955. The molecule has 1 aliphatic rings. The van der Waals surface area contributed by atoms with E-state index >= 15 is 0 Å². The molecule has 0 unspecified atom stereocenters. The first-order valence-electron chi connectivity index (χ1n) is 7.54. The van der Waals surface area contributed by atoms with Crippen molar-refractivity contribution in [2.75, 3.05) is 38.7 Å². The molecule has 0 amide bonds. The van der Waals surface area contributed by atoms with E-state index in [0.29, 0.717) is 6.04 Å². The van der Waals surface area contributed by atoms with Crippen LogP contribution in [0.25, 0.3) is 10.9 Å². The number of methoxy groups -OCH3 is 1. The van der Waals surface area contributed by atoms with Crippen LogP contribution in [0.2, 0.25) is 0 Å². The third-order valence-corrected chi connectivity index (χ3v) is 4.08. The third-order valence-electron chi connectivity index (χ3n) is 4.08. The Kier molecular flexibility index (Phi) is 4.62. The molecular weight excluding hydrogens is 264 g/mol. The van der Waals surface area contributed by atoms with Gasteiger partial charge >= 0.3 is 0 Å². The van der Waals surface area contributed by atoms with Gasteiger partial charge in [0.1, 0.15) is 12.1 Å². The average Bonchev–Trinajstić information content (AvgIpc) is 2.55. The Morgan fingerprint density at radius 2 is 2.05 bits per heavy atom. The minimum absolute atomic E-state index is 0.488. The van der Waals surface area contributed by atoms with Gasteiger partial charge < -0.3 is 15.0 Å². The number of para-hydroxylation sites is 1. The Balaban J connectivity index is 1.62. The second-order valence-corrected chi connectivity index (χ2v) is 5.49. The van der Waals surface area contributed by atoms with Gasteiger partial charge in [-0.3, -0.25) is 0 Å². The number of hydrogen-bond acceptors (Lipinski definition) is 5. The number of fused-ring (bicyclic) bond motifs is 1. The summed E-state index contributed by atoms with van der Waals surface area (Å²) < 4.78 is 5.14.